The molecule has 8 nitrogen and oxygen atoms in total. The molecule has 2 aromatic heterocycles. The number of carbonyl (C=O) groups is 1. The van der Waals surface area contributed by atoms with Crippen molar-refractivity contribution in [2.45, 2.75) is 12.8 Å². The van der Waals surface area contributed by atoms with Crippen LogP contribution in [0.4, 0.5) is 29.5 Å². The van der Waals surface area contributed by atoms with Crippen molar-refractivity contribution < 1.29 is 22.7 Å². The van der Waals surface area contributed by atoms with Crippen LogP contribution in [0, 0.1) is 0 Å². The van der Waals surface area contributed by atoms with Crippen molar-refractivity contribution in [3.63, 3.8) is 0 Å². The van der Waals surface area contributed by atoms with E-state index in [1.807, 2.05) is 17.0 Å². The Kier molecular flexibility index (Phi) is 6.40. The quantitative estimate of drug-likeness (QED) is 0.617. The van der Waals surface area contributed by atoms with E-state index in [4.69, 9.17) is 4.74 Å². The van der Waals surface area contributed by atoms with E-state index in [1.54, 1.807) is 17.3 Å². The zero-order valence-electron chi connectivity index (χ0n) is 16.7. The molecule has 0 spiro atoms. The number of aromatic nitrogens is 3. The number of hydrogen-bond donors (Lipinski definition) is 1. The number of pyridine rings is 1. The van der Waals surface area contributed by atoms with Gasteiger partial charge in [-0.2, -0.15) is 17.5 Å². The van der Waals surface area contributed by atoms with Gasteiger partial charge in [0.05, 0.1) is 17.3 Å². The molecule has 2 amide bonds. The average molecular weight is 464 g/mol. The van der Waals surface area contributed by atoms with Crippen LogP contribution < -0.4 is 15.0 Å². The maximum Gasteiger partial charge on any atom is 0.416 e. The molecular formula is C20H19F3N6O2S. The number of amides is 2. The van der Waals surface area contributed by atoms with E-state index in [-0.39, 0.29) is 5.69 Å². The standard InChI is InChI=1S/C20H19F3N6O2S/c21-20(22,23)15-2-1-3-16(12-15)25-19(30)29-10-8-28(9-11-29)17-18(27-32-26-17)31-13-14-4-6-24-7-5-14/h1-7,12H,8-11,13H2,(H,25,30). The lowest BCUT2D eigenvalue weighted by atomic mass is 10.2. The lowest BCUT2D eigenvalue weighted by molar-refractivity contribution is -0.137. The molecule has 1 N–H and O–H groups in total. The highest BCUT2D eigenvalue weighted by Gasteiger charge is 2.31. The number of ether oxygens (including phenoxy) is 1. The van der Waals surface area contributed by atoms with Gasteiger partial charge in [-0.25, -0.2) is 4.79 Å². The number of alkyl halides is 3. The van der Waals surface area contributed by atoms with Gasteiger partial charge in [0.25, 0.3) is 5.88 Å². The summed E-state index contributed by atoms with van der Waals surface area (Å²) in [5.74, 6) is 1.04. The highest BCUT2D eigenvalue weighted by molar-refractivity contribution is 6.99. The molecule has 168 valence electrons. The van der Waals surface area contributed by atoms with Crippen molar-refractivity contribution in [3.05, 3.63) is 59.9 Å². The maximum atomic E-state index is 12.9. The third kappa shape index (κ3) is 5.25. The van der Waals surface area contributed by atoms with Gasteiger partial charge in [0, 0.05) is 44.3 Å². The van der Waals surface area contributed by atoms with Crippen LogP contribution >= 0.6 is 11.7 Å². The highest BCUT2D eigenvalue weighted by atomic mass is 32.1. The number of urea groups is 1. The Morgan fingerprint density at radius 3 is 2.56 bits per heavy atom. The molecule has 1 aliphatic rings. The number of benzene rings is 1. The molecule has 3 aromatic rings. The summed E-state index contributed by atoms with van der Waals surface area (Å²) >= 11 is 1.04. The van der Waals surface area contributed by atoms with Gasteiger partial charge < -0.3 is 19.9 Å². The topological polar surface area (TPSA) is 83.5 Å². The van der Waals surface area contributed by atoms with Gasteiger partial charge in [-0.1, -0.05) is 6.07 Å². The van der Waals surface area contributed by atoms with Crippen LogP contribution in [-0.2, 0) is 12.8 Å². The van der Waals surface area contributed by atoms with Crippen molar-refractivity contribution >= 4 is 29.3 Å². The smallest absolute Gasteiger partial charge is 0.416 e. The normalized spacial score (nSPS) is 14.3. The number of hydrogen-bond acceptors (Lipinski definition) is 7. The molecule has 12 heteroatoms. The maximum absolute atomic E-state index is 12.9. The Hall–Kier alpha value is -3.41. The summed E-state index contributed by atoms with van der Waals surface area (Å²) in [6.07, 6.45) is -1.10. The first-order valence-electron chi connectivity index (χ1n) is 9.72. The minimum absolute atomic E-state index is 0.0998. The summed E-state index contributed by atoms with van der Waals surface area (Å²) in [4.78, 5) is 20.0. The number of rotatable bonds is 5. The Morgan fingerprint density at radius 2 is 1.84 bits per heavy atom. The molecule has 0 radical (unpaired) electrons. The van der Waals surface area contributed by atoms with Gasteiger partial charge in [0.2, 0.25) is 5.82 Å². The van der Waals surface area contributed by atoms with Crippen molar-refractivity contribution in [2.75, 3.05) is 36.4 Å². The lowest BCUT2D eigenvalue weighted by Crippen LogP contribution is -2.50. The first-order chi connectivity index (χ1) is 15.4. The summed E-state index contributed by atoms with van der Waals surface area (Å²) in [5.41, 5.74) is 0.244. The van der Waals surface area contributed by atoms with Gasteiger partial charge in [-0.3, -0.25) is 4.98 Å². The SMILES string of the molecule is O=C(Nc1cccc(C(F)(F)F)c1)N1CCN(c2nsnc2OCc2ccncc2)CC1. The fraction of sp³-hybridized carbons (Fsp3) is 0.300. The summed E-state index contributed by atoms with van der Waals surface area (Å²) in [6, 6.07) is 7.82. The van der Waals surface area contributed by atoms with Gasteiger partial charge in [-0.15, -0.1) is 4.37 Å². The molecule has 4 rings (SSSR count). The Labute approximate surface area is 186 Å². The third-order valence-corrected chi connectivity index (χ3v) is 5.38. The molecule has 1 aromatic carbocycles. The van der Waals surface area contributed by atoms with Crippen molar-refractivity contribution in [1.29, 1.82) is 0 Å². The van der Waals surface area contributed by atoms with Crippen molar-refractivity contribution in [3.8, 4) is 5.88 Å². The van der Waals surface area contributed by atoms with Crippen molar-refractivity contribution in [2.24, 2.45) is 0 Å². The number of halogens is 3. The fourth-order valence-corrected chi connectivity index (χ4v) is 3.71. The van der Waals surface area contributed by atoms with E-state index in [0.717, 1.165) is 29.4 Å². The van der Waals surface area contributed by atoms with Crippen LogP contribution in [0.25, 0.3) is 0 Å². The van der Waals surface area contributed by atoms with Crippen LogP contribution in [-0.4, -0.2) is 50.8 Å². The van der Waals surface area contributed by atoms with E-state index in [0.29, 0.717) is 44.5 Å². The number of nitrogens with zero attached hydrogens (tertiary/aromatic N) is 5. The zero-order valence-corrected chi connectivity index (χ0v) is 17.6. The minimum atomic E-state index is -4.47. The predicted molar refractivity (Wildman–Crippen MR) is 113 cm³/mol. The monoisotopic (exact) mass is 464 g/mol. The first kappa shape index (κ1) is 21.8. The fourth-order valence-electron chi connectivity index (χ4n) is 3.19. The van der Waals surface area contributed by atoms with Crippen LogP contribution in [0.15, 0.2) is 48.8 Å². The molecule has 32 heavy (non-hydrogen) atoms. The second-order valence-electron chi connectivity index (χ2n) is 7.02. The average Bonchev–Trinajstić information content (AvgIpc) is 3.27. The molecule has 3 heterocycles. The second-order valence-corrected chi connectivity index (χ2v) is 7.55. The number of anilines is 2. The summed E-state index contributed by atoms with van der Waals surface area (Å²) in [6.45, 7) is 2.08. The van der Waals surface area contributed by atoms with Crippen molar-refractivity contribution in [1.82, 2.24) is 18.6 Å². The Bertz CT molecular complexity index is 1050. The Balaban J connectivity index is 1.32. The predicted octanol–water partition coefficient (Wildman–Crippen LogP) is 3.89. The van der Waals surface area contributed by atoms with E-state index < -0.39 is 17.8 Å². The molecule has 0 aliphatic carbocycles. The van der Waals surface area contributed by atoms with Crippen LogP contribution in [0.2, 0.25) is 0 Å². The van der Waals surface area contributed by atoms with Crippen LogP contribution in [0.1, 0.15) is 11.1 Å². The van der Waals surface area contributed by atoms with E-state index >= 15 is 0 Å². The Morgan fingerprint density at radius 1 is 1.09 bits per heavy atom. The molecular weight excluding hydrogens is 445 g/mol. The van der Waals surface area contributed by atoms with Gasteiger partial charge in [0.15, 0.2) is 0 Å². The first-order valence-corrected chi connectivity index (χ1v) is 10.5. The largest absolute Gasteiger partial charge is 0.470 e. The lowest BCUT2D eigenvalue weighted by Gasteiger charge is -2.34. The number of carbonyl (C=O) groups excluding carboxylic acids is 1. The highest BCUT2D eigenvalue weighted by Crippen LogP contribution is 2.31. The summed E-state index contributed by atoms with van der Waals surface area (Å²) in [5, 5.41) is 2.54. The molecule has 1 saturated heterocycles. The molecule has 1 aliphatic heterocycles. The summed E-state index contributed by atoms with van der Waals surface area (Å²) in [7, 11) is 0. The molecule has 0 atom stereocenters. The van der Waals surface area contributed by atoms with Crippen LogP contribution in [0.3, 0.4) is 0 Å². The van der Waals surface area contributed by atoms with Gasteiger partial charge in [0.1, 0.15) is 6.61 Å². The molecule has 0 bridgehead atoms. The summed E-state index contributed by atoms with van der Waals surface area (Å²) < 4.78 is 52.9. The van der Waals surface area contributed by atoms with Gasteiger partial charge >= 0.3 is 12.2 Å². The van der Waals surface area contributed by atoms with Crippen LogP contribution in [0.5, 0.6) is 5.88 Å². The molecule has 0 saturated carbocycles. The molecule has 0 unspecified atom stereocenters. The number of piperazine rings is 1. The zero-order chi connectivity index (χ0) is 22.6. The van der Waals surface area contributed by atoms with E-state index in [1.165, 1.54) is 12.1 Å². The minimum Gasteiger partial charge on any atom is -0.470 e. The molecule has 1 fully saturated rings. The van der Waals surface area contributed by atoms with E-state index in [9.17, 15) is 18.0 Å². The number of nitrogens with one attached hydrogen (secondary N) is 1. The second kappa shape index (κ2) is 9.39. The van der Waals surface area contributed by atoms with Gasteiger partial charge in [-0.05, 0) is 35.9 Å². The van der Waals surface area contributed by atoms with E-state index in [2.05, 4.69) is 19.0 Å². The third-order valence-electron chi connectivity index (χ3n) is 4.87.